The summed E-state index contributed by atoms with van der Waals surface area (Å²) in [6.07, 6.45) is 4.03. The third kappa shape index (κ3) is 5.59. The molecule has 1 amide bonds. The molecule has 0 spiro atoms. The highest BCUT2D eigenvalue weighted by molar-refractivity contribution is 5.85. The molecule has 1 aliphatic carbocycles. The number of halogens is 1. The molecule has 0 bridgehead atoms. The fourth-order valence-corrected chi connectivity index (χ4v) is 2.92. The van der Waals surface area contributed by atoms with Gasteiger partial charge in [-0.1, -0.05) is 43.2 Å². The molecule has 1 fully saturated rings. The van der Waals surface area contributed by atoms with E-state index in [9.17, 15) is 4.79 Å². The van der Waals surface area contributed by atoms with Crippen LogP contribution in [-0.4, -0.2) is 24.6 Å². The number of nitrogens with two attached hydrogens (primary N) is 1. The van der Waals surface area contributed by atoms with Crippen molar-refractivity contribution in [1.82, 2.24) is 5.32 Å². The summed E-state index contributed by atoms with van der Waals surface area (Å²) in [5.41, 5.74) is 7.01. The van der Waals surface area contributed by atoms with Crippen molar-refractivity contribution in [2.45, 2.75) is 44.8 Å². The lowest BCUT2D eigenvalue weighted by Gasteiger charge is -2.37. The van der Waals surface area contributed by atoms with Crippen molar-refractivity contribution in [2.75, 3.05) is 13.2 Å². The van der Waals surface area contributed by atoms with Gasteiger partial charge in [-0.25, -0.2) is 0 Å². The average molecular weight is 327 g/mol. The second-order valence-electron chi connectivity index (χ2n) is 6.13. The molecule has 0 aliphatic heterocycles. The van der Waals surface area contributed by atoms with Crippen molar-refractivity contribution >= 4 is 18.3 Å². The van der Waals surface area contributed by atoms with Gasteiger partial charge in [-0.15, -0.1) is 12.4 Å². The molecule has 22 heavy (non-hydrogen) atoms. The van der Waals surface area contributed by atoms with Crippen molar-refractivity contribution < 1.29 is 9.53 Å². The first kappa shape index (κ1) is 18.9. The van der Waals surface area contributed by atoms with Crippen LogP contribution in [0.3, 0.4) is 0 Å². The number of nitrogens with one attached hydrogen (secondary N) is 1. The molecule has 124 valence electrons. The molecule has 0 aromatic heterocycles. The summed E-state index contributed by atoms with van der Waals surface area (Å²) in [7, 11) is 0. The van der Waals surface area contributed by atoms with Crippen LogP contribution in [0.4, 0.5) is 0 Å². The van der Waals surface area contributed by atoms with Crippen LogP contribution in [-0.2, 0) is 16.1 Å². The van der Waals surface area contributed by atoms with Gasteiger partial charge in [-0.3, -0.25) is 4.79 Å². The number of amides is 1. The lowest BCUT2D eigenvalue weighted by molar-refractivity contribution is -0.128. The Morgan fingerprint density at radius 1 is 1.36 bits per heavy atom. The minimum Gasteiger partial charge on any atom is -0.375 e. The lowest BCUT2D eigenvalue weighted by atomic mass is 9.74. The van der Waals surface area contributed by atoms with Gasteiger partial charge in [0, 0.05) is 12.1 Å². The number of rotatable bonds is 6. The number of hydrogen-bond donors (Lipinski definition) is 2. The number of hydrogen-bond acceptors (Lipinski definition) is 3. The molecule has 2 rings (SSSR count). The number of carbonyl (C=O) groups is 1. The summed E-state index contributed by atoms with van der Waals surface area (Å²) in [6.45, 7) is 3.63. The topological polar surface area (TPSA) is 64.4 Å². The molecule has 5 heteroatoms. The van der Waals surface area contributed by atoms with E-state index in [4.69, 9.17) is 10.5 Å². The zero-order valence-electron chi connectivity index (χ0n) is 13.2. The van der Waals surface area contributed by atoms with E-state index in [-0.39, 0.29) is 29.8 Å². The quantitative estimate of drug-likeness (QED) is 0.790. The Labute approximate surface area is 139 Å². The predicted octanol–water partition coefficient (Wildman–Crippen LogP) is 2.65. The van der Waals surface area contributed by atoms with E-state index in [1.54, 1.807) is 0 Å². The monoisotopic (exact) mass is 326 g/mol. The smallest absolute Gasteiger partial charge is 0.225 e. The number of benzene rings is 1. The molecule has 2 atom stereocenters. The van der Waals surface area contributed by atoms with Gasteiger partial charge in [-0.2, -0.15) is 0 Å². The lowest BCUT2D eigenvalue weighted by Crippen LogP contribution is -2.53. The summed E-state index contributed by atoms with van der Waals surface area (Å²) >= 11 is 0. The van der Waals surface area contributed by atoms with Crippen LogP contribution < -0.4 is 11.1 Å². The maximum Gasteiger partial charge on any atom is 0.225 e. The van der Waals surface area contributed by atoms with Crippen LogP contribution in [0.25, 0.3) is 0 Å². The van der Waals surface area contributed by atoms with Crippen LogP contribution in [0.2, 0.25) is 0 Å². The van der Waals surface area contributed by atoms with Crippen molar-refractivity contribution in [3.63, 3.8) is 0 Å². The van der Waals surface area contributed by atoms with Crippen molar-refractivity contribution in [2.24, 2.45) is 11.7 Å². The summed E-state index contributed by atoms with van der Waals surface area (Å²) in [5.74, 6) is 0.00313. The van der Waals surface area contributed by atoms with E-state index in [1.165, 1.54) is 0 Å². The van der Waals surface area contributed by atoms with Gasteiger partial charge < -0.3 is 15.8 Å². The zero-order valence-corrected chi connectivity index (χ0v) is 14.0. The third-order valence-electron chi connectivity index (χ3n) is 4.23. The molecule has 1 saturated carbocycles. The summed E-state index contributed by atoms with van der Waals surface area (Å²) in [6, 6.07) is 10.0. The third-order valence-corrected chi connectivity index (χ3v) is 4.23. The Balaban J connectivity index is 0.00000242. The summed E-state index contributed by atoms with van der Waals surface area (Å²) < 4.78 is 5.56. The Kier molecular flexibility index (Phi) is 7.87. The minimum atomic E-state index is -0.368. The molecular formula is C17H27ClN2O2. The number of carbonyl (C=O) groups excluding carboxylic acids is 1. The Hall–Kier alpha value is -1.10. The highest BCUT2D eigenvalue weighted by Gasteiger charge is 2.37. The Morgan fingerprint density at radius 3 is 2.77 bits per heavy atom. The average Bonchev–Trinajstić information content (AvgIpc) is 2.47. The molecule has 3 N–H and O–H groups in total. The van der Waals surface area contributed by atoms with E-state index in [0.29, 0.717) is 19.8 Å². The molecule has 0 heterocycles. The first-order valence-corrected chi connectivity index (χ1v) is 7.78. The van der Waals surface area contributed by atoms with E-state index in [2.05, 4.69) is 5.32 Å². The van der Waals surface area contributed by atoms with Crippen molar-refractivity contribution in [3.8, 4) is 0 Å². The highest BCUT2D eigenvalue weighted by atomic mass is 35.5. The van der Waals surface area contributed by atoms with Crippen LogP contribution in [0, 0.1) is 5.92 Å². The molecular weight excluding hydrogens is 300 g/mol. The van der Waals surface area contributed by atoms with Crippen LogP contribution in [0.15, 0.2) is 30.3 Å². The molecule has 0 saturated heterocycles. The first-order valence-electron chi connectivity index (χ1n) is 7.78. The summed E-state index contributed by atoms with van der Waals surface area (Å²) in [5, 5.41) is 2.95. The van der Waals surface area contributed by atoms with E-state index in [0.717, 1.165) is 31.2 Å². The molecule has 2 unspecified atom stereocenters. The molecule has 0 radical (unpaired) electrons. The fraction of sp³-hybridized carbons (Fsp3) is 0.588. The van der Waals surface area contributed by atoms with E-state index >= 15 is 0 Å². The van der Waals surface area contributed by atoms with E-state index < -0.39 is 0 Å². The normalized spacial score (nSPS) is 24.4. The SMILES string of the molecule is CC1(N)CCCCC1C(=O)NCCOCc1ccccc1.Cl. The van der Waals surface area contributed by atoms with Gasteiger partial charge in [0.2, 0.25) is 5.91 Å². The van der Waals surface area contributed by atoms with Crippen LogP contribution in [0.5, 0.6) is 0 Å². The molecule has 4 nitrogen and oxygen atoms in total. The largest absolute Gasteiger partial charge is 0.375 e. The zero-order chi connectivity index (χ0) is 15.1. The van der Waals surface area contributed by atoms with Gasteiger partial charge >= 0.3 is 0 Å². The van der Waals surface area contributed by atoms with E-state index in [1.807, 2.05) is 37.3 Å². The van der Waals surface area contributed by atoms with Gasteiger partial charge in [0.15, 0.2) is 0 Å². The van der Waals surface area contributed by atoms with Gasteiger partial charge in [0.1, 0.15) is 0 Å². The fourth-order valence-electron chi connectivity index (χ4n) is 2.92. The van der Waals surface area contributed by atoms with Gasteiger partial charge in [-0.05, 0) is 25.3 Å². The standard InChI is InChI=1S/C17H26N2O2.ClH/c1-17(18)10-6-5-9-15(17)16(20)19-11-12-21-13-14-7-3-2-4-8-14;/h2-4,7-8,15H,5-6,9-13,18H2,1H3,(H,19,20);1H. The second kappa shape index (κ2) is 9.13. The highest BCUT2D eigenvalue weighted by Crippen LogP contribution is 2.31. The van der Waals surface area contributed by atoms with Crippen LogP contribution >= 0.6 is 12.4 Å². The number of ether oxygens (including phenoxy) is 1. The Morgan fingerprint density at radius 2 is 2.09 bits per heavy atom. The van der Waals surface area contributed by atoms with Gasteiger partial charge in [0.05, 0.1) is 19.1 Å². The maximum atomic E-state index is 12.2. The van der Waals surface area contributed by atoms with Crippen LogP contribution in [0.1, 0.15) is 38.2 Å². The van der Waals surface area contributed by atoms with Gasteiger partial charge in [0.25, 0.3) is 0 Å². The molecule has 1 aliphatic rings. The van der Waals surface area contributed by atoms with Crippen molar-refractivity contribution in [3.05, 3.63) is 35.9 Å². The Bertz CT molecular complexity index is 451. The van der Waals surface area contributed by atoms with Crippen molar-refractivity contribution in [1.29, 1.82) is 0 Å². The second-order valence-corrected chi connectivity index (χ2v) is 6.13. The predicted molar refractivity (Wildman–Crippen MR) is 90.9 cm³/mol. The molecule has 1 aromatic rings. The minimum absolute atomic E-state index is 0. The summed E-state index contributed by atoms with van der Waals surface area (Å²) in [4.78, 5) is 12.2. The molecule has 1 aromatic carbocycles. The first-order chi connectivity index (χ1) is 10.1. The maximum absolute atomic E-state index is 12.2.